The largest absolute Gasteiger partial charge is 0.310 e. The zero-order valence-electron chi connectivity index (χ0n) is 29.5. The Kier molecular flexibility index (Phi) is 6.74. The first-order valence-corrected chi connectivity index (χ1v) is 18.1. The third-order valence-electron chi connectivity index (χ3n) is 11.1. The van der Waals surface area contributed by atoms with E-state index >= 15 is 0 Å². The molecule has 0 unspecified atom stereocenters. The fourth-order valence-electron chi connectivity index (χ4n) is 8.56. The third kappa shape index (κ3) is 4.56. The molecule has 0 saturated heterocycles. The lowest BCUT2D eigenvalue weighted by atomic mass is 9.82. The average Bonchev–Trinajstić information content (AvgIpc) is 3.66. The summed E-state index contributed by atoms with van der Waals surface area (Å²) in [6.45, 7) is 6.93. The van der Waals surface area contributed by atoms with Crippen LogP contribution in [0.15, 0.2) is 170 Å². The van der Waals surface area contributed by atoms with Crippen LogP contribution in [0.25, 0.3) is 60.7 Å². The molecule has 2 aromatic heterocycles. The highest BCUT2D eigenvalue weighted by Gasteiger charge is 2.36. The van der Waals surface area contributed by atoms with Crippen LogP contribution in [0.1, 0.15) is 30.5 Å². The fraction of sp³-hybridized carbons (Fsp3) is 0.0816. The predicted molar refractivity (Wildman–Crippen MR) is 218 cm³/mol. The first-order chi connectivity index (χ1) is 25.5. The van der Waals surface area contributed by atoms with Crippen LogP contribution >= 0.6 is 0 Å². The number of benzene rings is 7. The van der Waals surface area contributed by atoms with Crippen LogP contribution in [0, 0.1) is 6.92 Å². The van der Waals surface area contributed by atoms with Crippen molar-refractivity contribution in [1.29, 1.82) is 0 Å². The van der Waals surface area contributed by atoms with Crippen LogP contribution in [0.5, 0.6) is 0 Å². The van der Waals surface area contributed by atoms with Gasteiger partial charge in [-0.25, -0.2) is 4.52 Å². The molecular formula is C49H37N3. The van der Waals surface area contributed by atoms with Gasteiger partial charge < -0.3 is 4.90 Å². The molecule has 0 bridgehead atoms. The summed E-state index contributed by atoms with van der Waals surface area (Å²) in [5, 5.41) is 10.1. The molecule has 2 heterocycles. The summed E-state index contributed by atoms with van der Waals surface area (Å²) in [6, 6.07) is 61.6. The maximum atomic E-state index is 5.32. The number of pyridine rings is 1. The van der Waals surface area contributed by atoms with Gasteiger partial charge in [-0.15, -0.1) is 0 Å². The van der Waals surface area contributed by atoms with Gasteiger partial charge in [0.1, 0.15) is 0 Å². The van der Waals surface area contributed by atoms with Crippen LogP contribution in [0.3, 0.4) is 0 Å². The Morgan fingerprint density at radius 2 is 1.17 bits per heavy atom. The second-order valence-corrected chi connectivity index (χ2v) is 14.5. The van der Waals surface area contributed by atoms with Crippen molar-refractivity contribution in [3.05, 3.63) is 187 Å². The van der Waals surface area contributed by atoms with Gasteiger partial charge in [0.05, 0.1) is 22.6 Å². The number of fused-ring (bicyclic) bond motifs is 7. The molecule has 52 heavy (non-hydrogen) atoms. The Labute approximate surface area is 304 Å². The Bertz CT molecular complexity index is 2820. The van der Waals surface area contributed by atoms with E-state index in [4.69, 9.17) is 5.10 Å². The van der Waals surface area contributed by atoms with Gasteiger partial charge in [-0.3, -0.25) is 0 Å². The first-order valence-electron chi connectivity index (χ1n) is 18.1. The molecule has 0 saturated carbocycles. The number of aryl methyl sites for hydroxylation is 1. The second-order valence-electron chi connectivity index (χ2n) is 14.5. The minimum Gasteiger partial charge on any atom is -0.310 e. The highest BCUT2D eigenvalue weighted by Crippen LogP contribution is 2.51. The van der Waals surface area contributed by atoms with Gasteiger partial charge in [0.2, 0.25) is 0 Å². The van der Waals surface area contributed by atoms with E-state index in [1.807, 2.05) is 0 Å². The van der Waals surface area contributed by atoms with Gasteiger partial charge in [-0.1, -0.05) is 147 Å². The summed E-state index contributed by atoms with van der Waals surface area (Å²) >= 11 is 0. The Morgan fingerprint density at radius 1 is 0.519 bits per heavy atom. The van der Waals surface area contributed by atoms with Crippen molar-refractivity contribution in [1.82, 2.24) is 9.61 Å². The summed E-state index contributed by atoms with van der Waals surface area (Å²) in [5.41, 5.74) is 15.3. The molecule has 0 amide bonds. The maximum absolute atomic E-state index is 5.32. The van der Waals surface area contributed by atoms with Crippen LogP contribution in [0.4, 0.5) is 17.1 Å². The fourth-order valence-corrected chi connectivity index (χ4v) is 8.56. The zero-order valence-corrected chi connectivity index (χ0v) is 29.5. The zero-order chi connectivity index (χ0) is 35.0. The highest BCUT2D eigenvalue weighted by atomic mass is 15.2. The number of anilines is 3. The summed E-state index contributed by atoms with van der Waals surface area (Å²) in [4.78, 5) is 2.45. The quantitative estimate of drug-likeness (QED) is 0.182. The van der Waals surface area contributed by atoms with Gasteiger partial charge in [-0.05, 0) is 76.3 Å². The molecule has 0 atom stereocenters. The Morgan fingerprint density at radius 3 is 2.00 bits per heavy atom. The molecule has 3 heteroatoms. The van der Waals surface area contributed by atoms with Crippen LogP contribution in [0.2, 0.25) is 0 Å². The Balaban J connectivity index is 1.25. The van der Waals surface area contributed by atoms with Crippen molar-refractivity contribution >= 4 is 44.1 Å². The van der Waals surface area contributed by atoms with Gasteiger partial charge >= 0.3 is 0 Å². The van der Waals surface area contributed by atoms with Crippen molar-refractivity contribution < 1.29 is 0 Å². The number of hydrogen-bond acceptors (Lipinski definition) is 2. The lowest BCUT2D eigenvalue weighted by molar-refractivity contribution is 0.660. The summed E-state index contributed by atoms with van der Waals surface area (Å²) in [7, 11) is 0. The van der Waals surface area contributed by atoms with E-state index in [1.165, 1.54) is 49.4 Å². The van der Waals surface area contributed by atoms with Crippen molar-refractivity contribution in [2.45, 2.75) is 26.2 Å². The summed E-state index contributed by atoms with van der Waals surface area (Å²) in [5.74, 6) is 0. The van der Waals surface area contributed by atoms with Crippen molar-refractivity contribution in [2.24, 2.45) is 0 Å². The third-order valence-corrected chi connectivity index (χ3v) is 11.1. The van der Waals surface area contributed by atoms with Gasteiger partial charge in [0.25, 0.3) is 0 Å². The van der Waals surface area contributed by atoms with Crippen LogP contribution in [-0.4, -0.2) is 9.61 Å². The molecule has 7 aromatic carbocycles. The Hall–Kier alpha value is -6.45. The van der Waals surface area contributed by atoms with Crippen molar-refractivity contribution in [3.8, 4) is 33.6 Å². The molecule has 1 aliphatic carbocycles. The minimum absolute atomic E-state index is 0.113. The molecule has 10 rings (SSSR count). The molecule has 0 fully saturated rings. The van der Waals surface area contributed by atoms with Gasteiger partial charge in [0, 0.05) is 44.3 Å². The maximum Gasteiger partial charge on any atom is 0.0963 e. The highest BCUT2D eigenvalue weighted by molar-refractivity contribution is 6.05. The first kappa shape index (κ1) is 30.4. The number of nitrogens with zero attached hydrogens (tertiary/aromatic N) is 3. The predicted octanol–water partition coefficient (Wildman–Crippen LogP) is 13.1. The molecule has 1 aliphatic rings. The normalized spacial score (nSPS) is 13.1. The van der Waals surface area contributed by atoms with Crippen molar-refractivity contribution in [3.63, 3.8) is 0 Å². The van der Waals surface area contributed by atoms with E-state index in [2.05, 4.69) is 200 Å². The molecule has 0 spiro atoms. The molecule has 0 N–H and O–H groups in total. The number of aromatic nitrogens is 2. The molecule has 9 aromatic rings. The molecule has 0 aliphatic heterocycles. The summed E-state index contributed by atoms with van der Waals surface area (Å²) in [6.07, 6.45) is 0. The molecule has 248 valence electrons. The topological polar surface area (TPSA) is 20.5 Å². The smallest absolute Gasteiger partial charge is 0.0963 e. The van der Waals surface area contributed by atoms with E-state index in [9.17, 15) is 0 Å². The van der Waals surface area contributed by atoms with Gasteiger partial charge in [0.15, 0.2) is 0 Å². The van der Waals surface area contributed by atoms with Gasteiger partial charge in [-0.2, -0.15) is 5.10 Å². The lowest BCUT2D eigenvalue weighted by Crippen LogP contribution is -2.16. The standard InChI is InChI=1S/C49H37N3/c1-32-47(35-18-8-5-9-19-35)50-52-46(34-16-6-4-7-17-34)29-36-25-26-37(30-42(36)48(32)52)51(45-24-14-20-33-15-10-11-21-39(33)45)38-27-28-41-40-22-12-13-23-43(40)49(2,3)44(41)31-38/h4-31H,1-3H3. The SMILES string of the molecule is Cc1c(-c2ccccc2)nn2c(-c3ccccc3)cc3ccc(N(c4ccc5c(c4)C(C)(C)c4ccccc4-5)c4cccc5ccccc45)cc3c12. The minimum atomic E-state index is -0.113. The van der Waals surface area contributed by atoms with Crippen LogP contribution < -0.4 is 4.90 Å². The average molecular weight is 668 g/mol. The van der Waals surface area contributed by atoms with Crippen LogP contribution in [-0.2, 0) is 5.41 Å². The summed E-state index contributed by atoms with van der Waals surface area (Å²) < 4.78 is 2.16. The second kappa shape index (κ2) is 11.5. The monoisotopic (exact) mass is 667 g/mol. The number of rotatable bonds is 5. The number of hydrogen-bond donors (Lipinski definition) is 0. The van der Waals surface area contributed by atoms with E-state index in [-0.39, 0.29) is 5.41 Å². The van der Waals surface area contributed by atoms with E-state index < -0.39 is 0 Å². The van der Waals surface area contributed by atoms with E-state index in [1.54, 1.807) is 0 Å². The van der Waals surface area contributed by atoms with E-state index in [0.29, 0.717) is 0 Å². The lowest BCUT2D eigenvalue weighted by Gasteiger charge is -2.29. The van der Waals surface area contributed by atoms with Crippen molar-refractivity contribution in [2.75, 3.05) is 4.90 Å². The molecule has 0 radical (unpaired) electrons. The molecular weight excluding hydrogens is 631 g/mol. The van der Waals surface area contributed by atoms with E-state index in [0.717, 1.165) is 45.1 Å². The molecule has 3 nitrogen and oxygen atoms in total.